The lowest BCUT2D eigenvalue weighted by atomic mass is 10.1. The van der Waals surface area contributed by atoms with Gasteiger partial charge in [0.15, 0.2) is 0 Å². The van der Waals surface area contributed by atoms with Crippen molar-refractivity contribution in [3.63, 3.8) is 0 Å². The molecule has 0 aliphatic rings. The first-order valence-corrected chi connectivity index (χ1v) is 8.42. The van der Waals surface area contributed by atoms with E-state index in [0.717, 1.165) is 11.3 Å². The number of nitrogens with zero attached hydrogens (tertiary/aromatic N) is 2. The molecule has 0 aliphatic carbocycles. The summed E-state index contributed by atoms with van der Waals surface area (Å²) in [5.74, 6) is 0.305. The average Bonchev–Trinajstić information content (AvgIpc) is 2.54. The van der Waals surface area contributed by atoms with Crippen LogP contribution in [0.3, 0.4) is 0 Å². The van der Waals surface area contributed by atoms with E-state index in [9.17, 15) is 4.79 Å². The van der Waals surface area contributed by atoms with E-state index in [1.807, 2.05) is 13.8 Å². The number of pyridine rings is 2. The van der Waals surface area contributed by atoms with E-state index in [2.05, 4.69) is 15.3 Å². The second kappa shape index (κ2) is 7.51. The molecule has 0 spiro atoms. The summed E-state index contributed by atoms with van der Waals surface area (Å²) in [6.07, 6.45) is 1.60. The molecule has 0 saturated carbocycles. The third-order valence-electron chi connectivity index (χ3n) is 3.61. The minimum Gasteiger partial charge on any atom is -0.444 e. The van der Waals surface area contributed by atoms with Gasteiger partial charge in [-0.1, -0.05) is 6.92 Å². The Hall–Kier alpha value is -2.96. The van der Waals surface area contributed by atoms with E-state index in [0.29, 0.717) is 34.9 Å². The van der Waals surface area contributed by atoms with Gasteiger partial charge in [0.2, 0.25) is 0 Å². The van der Waals surface area contributed by atoms with Crippen molar-refractivity contribution in [2.45, 2.75) is 46.6 Å². The van der Waals surface area contributed by atoms with Crippen molar-refractivity contribution in [2.75, 3.05) is 11.1 Å². The molecule has 0 aliphatic heterocycles. The summed E-state index contributed by atoms with van der Waals surface area (Å²) in [6.45, 7) is 9.15. The van der Waals surface area contributed by atoms with Crippen LogP contribution in [0, 0.1) is 12.3 Å². The normalized spacial score (nSPS) is 11.1. The van der Waals surface area contributed by atoms with Crippen molar-refractivity contribution < 1.29 is 9.53 Å². The highest BCUT2D eigenvalue weighted by atomic mass is 16.6. The molecule has 0 fully saturated rings. The van der Waals surface area contributed by atoms with E-state index < -0.39 is 11.7 Å². The summed E-state index contributed by atoms with van der Waals surface area (Å²) in [5.41, 5.74) is 9.14. The number of rotatable bonds is 4. The fraction of sp³-hybridized carbons (Fsp3) is 0.368. The van der Waals surface area contributed by atoms with Crippen LogP contribution in [-0.4, -0.2) is 27.4 Å². The number of ether oxygens (including phenoxy) is 1. The third kappa shape index (κ3) is 4.78. The monoisotopic (exact) mass is 355 g/mol. The lowest BCUT2D eigenvalue weighted by Crippen LogP contribution is -2.27. The number of aromatic nitrogens is 2. The Morgan fingerprint density at radius 1 is 1.35 bits per heavy atom. The second-order valence-electron chi connectivity index (χ2n) is 6.95. The van der Waals surface area contributed by atoms with E-state index in [1.165, 1.54) is 0 Å². The zero-order valence-electron chi connectivity index (χ0n) is 15.8. The molecule has 0 radical (unpaired) electrons. The average molecular weight is 355 g/mol. The van der Waals surface area contributed by atoms with E-state index in [1.54, 1.807) is 45.2 Å². The Morgan fingerprint density at radius 2 is 2.04 bits per heavy atom. The Bertz CT molecular complexity index is 840. The summed E-state index contributed by atoms with van der Waals surface area (Å²) in [7, 11) is 0. The minimum atomic E-state index is -0.583. The Morgan fingerprint density at radius 3 is 2.62 bits per heavy atom. The molecule has 2 rings (SSSR count). The number of nitrogen functional groups attached to an aromatic ring is 1. The van der Waals surface area contributed by atoms with Crippen LogP contribution in [0.2, 0.25) is 0 Å². The minimum absolute atomic E-state index is 0.305. The van der Waals surface area contributed by atoms with Gasteiger partial charge in [-0.05, 0) is 52.3 Å². The lowest BCUT2D eigenvalue weighted by molar-refractivity contribution is 0.0636. The zero-order valence-corrected chi connectivity index (χ0v) is 15.8. The van der Waals surface area contributed by atoms with Crippen LogP contribution < -0.4 is 11.1 Å². The molecule has 0 atom stereocenters. The van der Waals surface area contributed by atoms with Crippen LogP contribution in [0.15, 0.2) is 24.4 Å². The van der Waals surface area contributed by atoms with Gasteiger partial charge in [0, 0.05) is 22.5 Å². The number of nitrogens with two attached hydrogens (primary N) is 1. The quantitative estimate of drug-likeness (QED) is 0.713. The van der Waals surface area contributed by atoms with Gasteiger partial charge in [-0.2, -0.15) is 0 Å². The Balaban J connectivity index is 2.31. The number of nitrogens with one attached hydrogen (secondary N) is 2. The van der Waals surface area contributed by atoms with E-state index >= 15 is 0 Å². The summed E-state index contributed by atoms with van der Waals surface area (Å²) in [6, 6.07) is 5.37. The first-order valence-electron chi connectivity index (χ1n) is 8.42. The SMILES string of the molecule is CCC(=N)c1ccc(-c2cc(NC(=O)OC(C)(C)C)cnc2C)nc1N. The van der Waals surface area contributed by atoms with Crippen LogP contribution >= 0.6 is 0 Å². The standard InChI is InChI=1S/C19H25N5O2/c1-6-15(20)13-7-8-16(24-17(13)21)14-9-12(10-22-11(14)2)23-18(25)26-19(3,4)5/h7-10,20H,6H2,1-5H3,(H2,21,24)(H,23,25). The number of amides is 1. The molecule has 7 heteroatoms. The largest absolute Gasteiger partial charge is 0.444 e. The molecule has 0 bridgehead atoms. The number of carbonyl (C=O) groups is 1. The first kappa shape index (κ1) is 19.4. The molecule has 0 aromatic carbocycles. The van der Waals surface area contributed by atoms with Crippen molar-refractivity contribution in [3.8, 4) is 11.3 Å². The van der Waals surface area contributed by atoms with Gasteiger partial charge in [0.05, 0.1) is 17.6 Å². The molecular formula is C19H25N5O2. The van der Waals surface area contributed by atoms with Crippen LogP contribution in [0.4, 0.5) is 16.3 Å². The Kier molecular flexibility index (Phi) is 5.59. The van der Waals surface area contributed by atoms with E-state index in [4.69, 9.17) is 15.9 Å². The summed E-state index contributed by atoms with van der Waals surface area (Å²) >= 11 is 0. The van der Waals surface area contributed by atoms with Gasteiger partial charge < -0.3 is 15.9 Å². The molecule has 1 amide bonds. The highest BCUT2D eigenvalue weighted by Crippen LogP contribution is 2.26. The molecule has 0 unspecified atom stereocenters. The maximum Gasteiger partial charge on any atom is 0.412 e. The van der Waals surface area contributed by atoms with Gasteiger partial charge in [-0.25, -0.2) is 9.78 Å². The first-order chi connectivity index (χ1) is 12.1. The molecule has 26 heavy (non-hydrogen) atoms. The van der Waals surface area contributed by atoms with Crippen LogP contribution in [0.1, 0.15) is 45.4 Å². The number of hydrogen-bond acceptors (Lipinski definition) is 6. The van der Waals surface area contributed by atoms with Crippen LogP contribution in [-0.2, 0) is 4.74 Å². The second-order valence-corrected chi connectivity index (χ2v) is 6.95. The molecule has 2 aromatic rings. The zero-order chi connectivity index (χ0) is 19.5. The third-order valence-corrected chi connectivity index (χ3v) is 3.61. The fourth-order valence-electron chi connectivity index (χ4n) is 2.35. The molecule has 138 valence electrons. The number of hydrogen-bond donors (Lipinski definition) is 3. The molecule has 2 aromatic heterocycles. The van der Waals surface area contributed by atoms with Crippen molar-refractivity contribution in [3.05, 3.63) is 35.7 Å². The van der Waals surface area contributed by atoms with E-state index in [-0.39, 0.29) is 0 Å². The van der Waals surface area contributed by atoms with Gasteiger partial charge in [0.1, 0.15) is 11.4 Å². The van der Waals surface area contributed by atoms with Crippen molar-refractivity contribution in [2.24, 2.45) is 0 Å². The summed E-state index contributed by atoms with van der Waals surface area (Å²) in [4.78, 5) is 20.7. The molecule has 4 N–H and O–H groups in total. The molecule has 7 nitrogen and oxygen atoms in total. The van der Waals surface area contributed by atoms with Crippen molar-refractivity contribution >= 4 is 23.3 Å². The summed E-state index contributed by atoms with van der Waals surface area (Å²) in [5, 5.41) is 10.6. The predicted octanol–water partition coefficient (Wildman–Crippen LogP) is 4.16. The van der Waals surface area contributed by atoms with Crippen molar-refractivity contribution in [1.29, 1.82) is 5.41 Å². The fourth-order valence-corrected chi connectivity index (χ4v) is 2.35. The van der Waals surface area contributed by atoms with Gasteiger partial charge >= 0.3 is 6.09 Å². The highest BCUT2D eigenvalue weighted by molar-refractivity contribution is 6.02. The Labute approximate surface area is 153 Å². The smallest absolute Gasteiger partial charge is 0.412 e. The topological polar surface area (TPSA) is 114 Å². The number of anilines is 2. The molecule has 2 heterocycles. The van der Waals surface area contributed by atoms with Gasteiger partial charge in [0.25, 0.3) is 0 Å². The van der Waals surface area contributed by atoms with Crippen LogP contribution in [0.5, 0.6) is 0 Å². The summed E-state index contributed by atoms with van der Waals surface area (Å²) < 4.78 is 5.25. The predicted molar refractivity (Wildman–Crippen MR) is 104 cm³/mol. The van der Waals surface area contributed by atoms with Crippen molar-refractivity contribution in [1.82, 2.24) is 9.97 Å². The van der Waals surface area contributed by atoms with Crippen LogP contribution in [0.25, 0.3) is 11.3 Å². The molecular weight excluding hydrogens is 330 g/mol. The molecule has 0 saturated heterocycles. The highest BCUT2D eigenvalue weighted by Gasteiger charge is 2.17. The maximum absolute atomic E-state index is 11.9. The maximum atomic E-state index is 11.9. The number of aryl methyl sites for hydroxylation is 1. The lowest BCUT2D eigenvalue weighted by Gasteiger charge is -2.19. The number of carbonyl (C=O) groups excluding carboxylic acids is 1. The van der Waals surface area contributed by atoms with Gasteiger partial charge in [-0.15, -0.1) is 0 Å². The van der Waals surface area contributed by atoms with Gasteiger partial charge in [-0.3, -0.25) is 10.3 Å².